The monoisotopic (exact) mass is 1320 g/mol. The van der Waals surface area contributed by atoms with E-state index in [1.54, 1.807) is 87.5 Å². The lowest BCUT2D eigenvalue weighted by Crippen LogP contribution is -2.82. The molecule has 86 heavy (non-hydrogen) atoms. The first kappa shape index (κ1) is 66.5. The number of fused-ring (bicyclic) bond motifs is 5. The van der Waals surface area contributed by atoms with Crippen molar-refractivity contribution in [2.24, 2.45) is 16.7 Å². The third-order valence-corrected chi connectivity index (χ3v) is 17.2. The van der Waals surface area contributed by atoms with Crippen molar-refractivity contribution in [1.29, 1.82) is 0 Å². The van der Waals surface area contributed by atoms with Gasteiger partial charge in [0.15, 0.2) is 29.3 Å². The molecule has 21 nitrogen and oxygen atoms in total. The zero-order valence-electron chi connectivity index (χ0n) is 48.6. The Bertz CT molecular complexity index is 3150. The molecule has 12 atom stereocenters. The predicted molar refractivity (Wildman–Crippen MR) is 309 cm³/mol. The molecule has 1 amide bonds. The molecule has 2 heterocycles. The molecule has 2 bridgehead atoms. The predicted octanol–water partition coefficient (Wildman–Crippen LogP) is 11.2. The number of ketones is 1. The molecule has 27 heteroatoms. The van der Waals surface area contributed by atoms with Gasteiger partial charge < -0.3 is 61.9 Å². The molecule has 468 valence electrons. The number of nitrogens with zero attached hydrogens (tertiary/aromatic N) is 1. The molecule has 1 unspecified atom stereocenters. The Morgan fingerprint density at radius 1 is 0.779 bits per heavy atom. The molecule has 8 rings (SSSR count). The van der Waals surface area contributed by atoms with Crippen molar-refractivity contribution in [3.05, 3.63) is 107 Å². The van der Waals surface area contributed by atoms with Crippen molar-refractivity contribution >= 4 is 112 Å². The topological polar surface area (TPSA) is 254 Å². The summed E-state index contributed by atoms with van der Waals surface area (Å²) in [5.41, 5.74) is -12.2. The summed E-state index contributed by atoms with van der Waals surface area (Å²) in [4.78, 5) is 105. The molecule has 5 aliphatic rings. The van der Waals surface area contributed by atoms with E-state index >= 15 is 9.59 Å². The van der Waals surface area contributed by atoms with Crippen LogP contribution in [-0.4, -0.2) is 147 Å². The number of alkyl halides is 6. The molecule has 3 aromatic carbocycles. The molecule has 2 saturated heterocycles. The SMILES string of the molecule is COc1ccc(C2O[C@@](C)(C(=O)O[C@H]3C[C@@]4(O)[C@@H](OC(=O)c5ccccc5)[C@@H]5[C@]6(OC(C)=O)CO[C@@H]6C[C@H](OC(=O)OCC(Cl)(Cl)Cl)[C@@]5(C)C(=O)[C@H](OC(=O)OCC(Cl)(Cl)Cl)C(=C3C)C4(C)C)[C@H](c3ccccc3)N2C(=O)OC(C)(C)C)c(OC)c1. The highest BCUT2D eigenvalue weighted by Crippen LogP contribution is 2.65. The molecule has 2 aliphatic heterocycles. The van der Waals surface area contributed by atoms with Gasteiger partial charge in [0, 0.05) is 36.8 Å². The Labute approximate surface area is 526 Å². The number of rotatable bonds is 13. The molecule has 3 aromatic rings. The van der Waals surface area contributed by atoms with Gasteiger partial charge in [-0.1, -0.05) is 132 Å². The average Bonchev–Trinajstić information content (AvgIpc) is 0.794. The summed E-state index contributed by atoms with van der Waals surface area (Å²) in [6.07, 6.45) is -15.8. The molecule has 0 spiro atoms. The Morgan fingerprint density at radius 2 is 1.37 bits per heavy atom. The summed E-state index contributed by atoms with van der Waals surface area (Å²) in [7, 11) is 2.85. The van der Waals surface area contributed by atoms with Gasteiger partial charge in [-0.15, -0.1) is 0 Å². The minimum atomic E-state index is -2.68. The Balaban J connectivity index is 1.38. The van der Waals surface area contributed by atoms with Gasteiger partial charge in [0.1, 0.15) is 66.4 Å². The maximum Gasteiger partial charge on any atom is 0.509 e. The summed E-state index contributed by atoms with van der Waals surface area (Å²) >= 11 is 35.9. The summed E-state index contributed by atoms with van der Waals surface area (Å²) in [5, 5.41) is 14.5. The first-order chi connectivity index (χ1) is 40.0. The highest BCUT2D eigenvalue weighted by Gasteiger charge is 2.79. The summed E-state index contributed by atoms with van der Waals surface area (Å²) in [5.74, 6) is -5.58. The van der Waals surface area contributed by atoms with Crippen LogP contribution in [0.15, 0.2) is 90.0 Å². The second-order valence-corrected chi connectivity index (χ2v) is 28.5. The van der Waals surface area contributed by atoms with Crippen molar-refractivity contribution in [2.45, 2.75) is 148 Å². The average molecular weight is 1320 g/mol. The van der Waals surface area contributed by atoms with E-state index in [1.807, 2.05) is 0 Å². The van der Waals surface area contributed by atoms with Gasteiger partial charge in [0.2, 0.25) is 7.59 Å². The van der Waals surface area contributed by atoms with Gasteiger partial charge in [-0.2, -0.15) is 0 Å². The quantitative estimate of drug-likeness (QED) is 0.0722. The van der Waals surface area contributed by atoms with E-state index in [2.05, 4.69) is 0 Å². The summed E-state index contributed by atoms with van der Waals surface area (Å²) in [6, 6.07) is 19.4. The van der Waals surface area contributed by atoms with Gasteiger partial charge in [-0.25, -0.2) is 24.0 Å². The molecule has 0 aromatic heterocycles. The number of hydrogen-bond donors (Lipinski definition) is 1. The van der Waals surface area contributed by atoms with Crippen LogP contribution >= 0.6 is 69.6 Å². The van der Waals surface area contributed by atoms with Crippen LogP contribution in [0.5, 0.6) is 11.5 Å². The first-order valence-electron chi connectivity index (χ1n) is 27.0. The smallest absolute Gasteiger partial charge is 0.497 e. The van der Waals surface area contributed by atoms with Gasteiger partial charge in [0.05, 0.1) is 37.7 Å². The Morgan fingerprint density at radius 3 is 1.91 bits per heavy atom. The molecular formula is C59H65Cl6NO20. The first-order valence-corrected chi connectivity index (χ1v) is 29.3. The lowest BCUT2D eigenvalue weighted by molar-refractivity contribution is -0.346. The highest BCUT2D eigenvalue weighted by molar-refractivity contribution is 6.68. The number of carbonyl (C=O) groups excluding carboxylic acids is 7. The van der Waals surface area contributed by atoms with Crippen LogP contribution in [0.1, 0.15) is 109 Å². The summed E-state index contributed by atoms with van der Waals surface area (Å²) < 4.78 is 68.0. The number of halogens is 6. The van der Waals surface area contributed by atoms with Crippen LogP contribution in [0.2, 0.25) is 0 Å². The fraction of sp³-hybridized carbons (Fsp3) is 0.542. The highest BCUT2D eigenvalue weighted by atomic mass is 35.6. The number of hydrogen-bond acceptors (Lipinski definition) is 20. The van der Waals surface area contributed by atoms with E-state index in [4.69, 9.17) is 126 Å². The third-order valence-electron chi connectivity index (χ3n) is 16.5. The fourth-order valence-electron chi connectivity index (χ4n) is 12.6. The van der Waals surface area contributed by atoms with Crippen molar-refractivity contribution in [2.75, 3.05) is 34.0 Å². The molecule has 3 aliphatic carbocycles. The van der Waals surface area contributed by atoms with E-state index in [9.17, 15) is 29.1 Å². The number of Topliss-reactive ketones (excluding diaryl/α,β-unsaturated/α-hetero) is 1. The van der Waals surface area contributed by atoms with Crippen molar-refractivity contribution in [3.8, 4) is 11.5 Å². The summed E-state index contributed by atoms with van der Waals surface area (Å²) in [6.45, 7) is 10.8. The van der Waals surface area contributed by atoms with Gasteiger partial charge >= 0.3 is 36.3 Å². The lowest BCUT2D eigenvalue weighted by atomic mass is 9.44. The molecule has 4 fully saturated rings. The van der Waals surface area contributed by atoms with Crippen LogP contribution in [0.25, 0.3) is 0 Å². The molecular weight excluding hydrogens is 1260 g/mol. The van der Waals surface area contributed by atoms with E-state index in [0.29, 0.717) is 11.3 Å². The normalized spacial score (nSPS) is 30.3. The van der Waals surface area contributed by atoms with Crippen LogP contribution in [-0.2, 0) is 61.8 Å². The second-order valence-electron chi connectivity index (χ2n) is 23.4. The minimum Gasteiger partial charge on any atom is -0.497 e. The number of methoxy groups -OCH3 is 2. The zero-order chi connectivity index (χ0) is 63.5. The van der Waals surface area contributed by atoms with Crippen LogP contribution in [0.3, 0.4) is 0 Å². The van der Waals surface area contributed by atoms with Crippen molar-refractivity contribution < 1.29 is 95.5 Å². The van der Waals surface area contributed by atoms with E-state index in [1.165, 1.54) is 65.9 Å². The van der Waals surface area contributed by atoms with Gasteiger partial charge in [0.25, 0.3) is 0 Å². The largest absolute Gasteiger partial charge is 0.509 e. The number of esters is 3. The molecule has 2 saturated carbocycles. The Kier molecular flexibility index (Phi) is 18.9. The van der Waals surface area contributed by atoms with E-state index < -0.39 is 164 Å². The van der Waals surface area contributed by atoms with E-state index in [0.717, 1.165) is 6.92 Å². The van der Waals surface area contributed by atoms with Crippen LogP contribution in [0.4, 0.5) is 14.4 Å². The third kappa shape index (κ3) is 12.7. The van der Waals surface area contributed by atoms with E-state index in [-0.39, 0.29) is 28.0 Å². The van der Waals surface area contributed by atoms with Crippen LogP contribution in [0, 0.1) is 16.7 Å². The number of amides is 1. The number of ether oxygens (including phenoxy) is 12. The maximum absolute atomic E-state index is 16.7. The van der Waals surface area contributed by atoms with Gasteiger partial charge in [-0.05, 0) is 82.5 Å². The Hall–Kier alpha value is -5.49. The van der Waals surface area contributed by atoms with Crippen LogP contribution < -0.4 is 9.47 Å². The molecule has 1 N–H and O–H groups in total. The van der Waals surface area contributed by atoms with Crippen molar-refractivity contribution in [3.63, 3.8) is 0 Å². The lowest BCUT2D eigenvalue weighted by Gasteiger charge is -2.67. The maximum atomic E-state index is 16.7. The number of carbonyl (C=O) groups is 7. The van der Waals surface area contributed by atoms with Gasteiger partial charge in [-0.3, -0.25) is 14.5 Å². The second kappa shape index (κ2) is 24.5. The zero-order valence-corrected chi connectivity index (χ0v) is 53.1. The molecule has 0 radical (unpaired) electrons. The minimum absolute atomic E-state index is 0.0131. The number of aliphatic hydroxyl groups is 1. The standard InChI is InChI=1S/C59H65Cl6NO20/c1-30-37(80-48(70)55(9)43(32-18-14-12-15-19-32)66(49(71)86-52(3,4)5)46(85-55)35-23-22-34(75-10)24-36(35)76-11)26-57(74)45(83-47(69)33-20-16-13-17-21-33)42-54(8,44(68)41(40(30)53(57,6)7)82-51(73)79-29-59(63,64)65)38(81-50(72)78-28-58(60,61)62)25-39-56(42,27-77-39)84-31(2)67/h12-24,37-39,41-43,45-46,74H,25-29H2,1-11H3/t37-,38-,39+,41+,42-,43-,45-,46?,54+,55+,56-,57+/m0/s1. The number of benzene rings is 3. The fourth-order valence-corrected chi connectivity index (χ4v) is 12.9. The van der Waals surface area contributed by atoms with Crippen molar-refractivity contribution in [1.82, 2.24) is 4.90 Å².